The van der Waals surface area contributed by atoms with Crippen LogP contribution in [0.15, 0.2) is 35.3 Å². The summed E-state index contributed by atoms with van der Waals surface area (Å²) in [6.07, 6.45) is 1.35. The Bertz CT molecular complexity index is 864. The smallest absolute Gasteiger partial charge is 0.268 e. The molecule has 0 saturated heterocycles. The molecule has 124 valence electrons. The van der Waals surface area contributed by atoms with Crippen molar-refractivity contribution in [3.8, 4) is 17.6 Å². The largest absolute Gasteiger partial charge is 0.507 e. The second-order valence-electron chi connectivity index (χ2n) is 4.96. The fourth-order valence-corrected chi connectivity index (χ4v) is 2.18. The highest BCUT2D eigenvalue weighted by Gasteiger charge is 2.18. The molecule has 0 unspecified atom stereocenters. The number of benzene rings is 1. The molecule has 2 rings (SSSR count). The Morgan fingerprint density at radius 3 is 2.71 bits per heavy atom. The molecule has 0 fully saturated rings. The number of aromatic nitrogens is 1. The van der Waals surface area contributed by atoms with Crippen LogP contribution in [0.3, 0.4) is 0 Å². The topological polar surface area (TPSA) is 102 Å². The van der Waals surface area contributed by atoms with Gasteiger partial charge in [0.1, 0.15) is 23.1 Å². The van der Waals surface area contributed by atoms with Crippen LogP contribution in [0.25, 0.3) is 0 Å². The predicted octanol–water partition coefficient (Wildman–Crippen LogP) is 1.31. The minimum Gasteiger partial charge on any atom is -0.507 e. The number of ether oxygens (including phenoxy) is 2. The van der Waals surface area contributed by atoms with Gasteiger partial charge in [0.2, 0.25) is 0 Å². The zero-order chi connectivity index (χ0) is 17.7. The standard InChI is InChI=1S/C17H16N2O5/c1-23-6-5-19-10-12(7-11(9-18)17(19)22)16(21)14-8-13(24-2)3-4-15(14)20/h3-4,7-8,10,20H,5-6H2,1-2H3. The highest BCUT2D eigenvalue weighted by molar-refractivity contribution is 6.10. The fourth-order valence-electron chi connectivity index (χ4n) is 2.18. The van der Waals surface area contributed by atoms with Crippen LogP contribution in [-0.4, -0.2) is 36.3 Å². The lowest BCUT2D eigenvalue weighted by Crippen LogP contribution is -2.25. The average Bonchev–Trinajstić information content (AvgIpc) is 2.60. The lowest BCUT2D eigenvalue weighted by Gasteiger charge is -2.10. The lowest BCUT2D eigenvalue weighted by atomic mass is 10.0. The first-order valence-corrected chi connectivity index (χ1v) is 7.07. The Morgan fingerprint density at radius 1 is 1.33 bits per heavy atom. The van der Waals surface area contributed by atoms with Crippen LogP contribution >= 0.6 is 0 Å². The summed E-state index contributed by atoms with van der Waals surface area (Å²) in [6.45, 7) is 0.460. The molecule has 0 saturated carbocycles. The number of carbonyl (C=O) groups excluding carboxylic acids is 1. The molecule has 0 bridgehead atoms. The minimum absolute atomic E-state index is 0.0233. The van der Waals surface area contributed by atoms with E-state index in [-0.39, 0.29) is 35.6 Å². The van der Waals surface area contributed by atoms with Gasteiger partial charge in [-0.3, -0.25) is 9.59 Å². The monoisotopic (exact) mass is 328 g/mol. The number of phenolic OH excluding ortho intramolecular Hbond substituents is 1. The number of hydrogen-bond donors (Lipinski definition) is 1. The second-order valence-corrected chi connectivity index (χ2v) is 4.96. The van der Waals surface area contributed by atoms with Gasteiger partial charge in [0.25, 0.3) is 5.56 Å². The van der Waals surface area contributed by atoms with E-state index in [2.05, 4.69) is 0 Å². The highest BCUT2D eigenvalue weighted by Crippen LogP contribution is 2.25. The van der Waals surface area contributed by atoms with Crippen LogP contribution in [0.1, 0.15) is 21.5 Å². The zero-order valence-corrected chi connectivity index (χ0v) is 13.3. The SMILES string of the molecule is COCCn1cc(C(=O)c2cc(OC)ccc2O)cc(C#N)c1=O. The number of aromatic hydroxyl groups is 1. The quantitative estimate of drug-likeness (QED) is 0.802. The summed E-state index contributed by atoms with van der Waals surface area (Å²) in [5, 5.41) is 19.0. The van der Waals surface area contributed by atoms with Crippen LogP contribution in [0.5, 0.6) is 11.5 Å². The van der Waals surface area contributed by atoms with E-state index in [1.165, 1.54) is 49.2 Å². The van der Waals surface area contributed by atoms with Crippen LogP contribution in [0.2, 0.25) is 0 Å². The van der Waals surface area contributed by atoms with Gasteiger partial charge in [-0.05, 0) is 24.3 Å². The zero-order valence-electron chi connectivity index (χ0n) is 13.3. The van der Waals surface area contributed by atoms with E-state index in [0.29, 0.717) is 5.75 Å². The summed E-state index contributed by atoms with van der Waals surface area (Å²) in [5.74, 6) is -0.327. The molecule has 1 N–H and O–H groups in total. The fraction of sp³-hybridized carbons (Fsp3) is 0.235. The average molecular weight is 328 g/mol. The first-order valence-electron chi connectivity index (χ1n) is 7.07. The molecule has 0 atom stereocenters. The highest BCUT2D eigenvalue weighted by atomic mass is 16.5. The number of ketones is 1. The number of nitrogens with zero attached hydrogens (tertiary/aromatic N) is 2. The first-order chi connectivity index (χ1) is 11.5. The molecule has 24 heavy (non-hydrogen) atoms. The van der Waals surface area contributed by atoms with Gasteiger partial charge in [-0.1, -0.05) is 0 Å². The van der Waals surface area contributed by atoms with Gasteiger partial charge < -0.3 is 19.1 Å². The van der Waals surface area contributed by atoms with Crippen molar-refractivity contribution in [1.29, 1.82) is 5.26 Å². The van der Waals surface area contributed by atoms with Crippen molar-refractivity contribution < 1.29 is 19.4 Å². The van der Waals surface area contributed by atoms with Gasteiger partial charge in [0.05, 0.1) is 19.3 Å². The maximum atomic E-state index is 12.7. The summed E-state index contributed by atoms with van der Waals surface area (Å²) in [4.78, 5) is 24.8. The van der Waals surface area contributed by atoms with Crippen LogP contribution in [-0.2, 0) is 11.3 Å². The Morgan fingerprint density at radius 2 is 2.08 bits per heavy atom. The Kier molecular flexibility index (Phi) is 5.35. The van der Waals surface area contributed by atoms with Gasteiger partial charge in [0, 0.05) is 25.4 Å². The van der Waals surface area contributed by atoms with E-state index in [1.807, 2.05) is 0 Å². The molecule has 0 amide bonds. The van der Waals surface area contributed by atoms with Gasteiger partial charge in [-0.2, -0.15) is 5.26 Å². The number of pyridine rings is 1. The molecule has 0 spiro atoms. The normalized spacial score (nSPS) is 10.2. The third-order valence-corrected chi connectivity index (χ3v) is 3.45. The predicted molar refractivity (Wildman–Crippen MR) is 85.4 cm³/mol. The molecule has 7 nitrogen and oxygen atoms in total. The first kappa shape index (κ1) is 17.2. The van der Waals surface area contributed by atoms with E-state index in [9.17, 15) is 14.7 Å². The minimum atomic E-state index is -0.519. The number of methoxy groups -OCH3 is 2. The molecule has 2 aromatic rings. The van der Waals surface area contributed by atoms with E-state index in [0.717, 1.165) is 0 Å². The molecule has 1 aromatic heterocycles. The molecule has 0 aliphatic carbocycles. The molecule has 0 aliphatic rings. The van der Waals surface area contributed by atoms with E-state index >= 15 is 0 Å². The van der Waals surface area contributed by atoms with Crippen molar-refractivity contribution in [3.05, 3.63) is 57.5 Å². The van der Waals surface area contributed by atoms with Crippen molar-refractivity contribution in [2.45, 2.75) is 6.54 Å². The summed E-state index contributed by atoms with van der Waals surface area (Å²) in [5.41, 5.74) is -0.513. The molecule has 7 heteroatoms. The third-order valence-electron chi connectivity index (χ3n) is 3.45. The number of carbonyl (C=O) groups is 1. The molecule has 1 heterocycles. The number of hydrogen-bond acceptors (Lipinski definition) is 6. The Hall–Kier alpha value is -3.11. The van der Waals surface area contributed by atoms with Crippen molar-refractivity contribution in [3.63, 3.8) is 0 Å². The molecular formula is C17H16N2O5. The number of nitriles is 1. The van der Waals surface area contributed by atoms with Gasteiger partial charge in [-0.15, -0.1) is 0 Å². The van der Waals surface area contributed by atoms with Gasteiger partial charge in [0.15, 0.2) is 5.78 Å². The summed E-state index contributed by atoms with van der Waals surface area (Å²) >= 11 is 0. The van der Waals surface area contributed by atoms with Crippen molar-refractivity contribution in [1.82, 2.24) is 4.57 Å². The van der Waals surface area contributed by atoms with E-state index < -0.39 is 11.3 Å². The van der Waals surface area contributed by atoms with Crippen molar-refractivity contribution >= 4 is 5.78 Å². The van der Waals surface area contributed by atoms with Crippen LogP contribution < -0.4 is 10.3 Å². The summed E-state index contributed by atoms with van der Waals surface area (Å²) in [7, 11) is 2.93. The molecular weight excluding hydrogens is 312 g/mol. The molecule has 0 radical (unpaired) electrons. The molecule has 1 aromatic carbocycles. The third kappa shape index (κ3) is 3.45. The Labute approximate surface area is 138 Å². The second kappa shape index (κ2) is 7.44. The number of rotatable bonds is 6. The van der Waals surface area contributed by atoms with Gasteiger partial charge >= 0.3 is 0 Å². The lowest BCUT2D eigenvalue weighted by molar-refractivity contribution is 0.103. The summed E-state index contributed by atoms with van der Waals surface area (Å²) in [6, 6.07) is 7.26. The maximum Gasteiger partial charge on any atom is 0.268 e. The van der Waals surface area contributed by atoms with Crippen molar-refractivity contribution in [2.24, 2.45) is 0 Å². The maximum absolute atomic E-state index is 12.7. The summed E-state index contributed by atoms with van der Waals surface area (Å²) < 4.78 is 11.2. The molecule has 0 aliphatic heterocycles. The van der Waals surface area contributed by atoms with Gasteiger partial charge in [-0.25, -0.2) is 0 Å². The van der Waals surface area contributed by atoms with E-state index in [4.69, 9.17) is 14.7 Å². The van der Waals surface area contributed by atoms with Crippen LogP contribution in [0, 0.1) is 11.3 Å². The Balaban J connectivity index is 2.53. The number of phenols is 1. The van der Waals surface area contributed by atoms with E-state index in [1.54, 1.807) is 6.07 Å². The van der Waals surface area contributed by atoms with Crippen molar-refractivity contribution in [2.75, 3.05) is 20.8 Å². The van der Waals surface area contributed by atoms with Crippen LogP contribution in [0.4, 0.5) is 0 Å².